The first-order valence-electron chi connectivity index (χ1n) is 8.97. The van der Waals surface area contributed by atoms with Gasteiger partial charge in [0.15, 0.2) is 0 Å². The van der Waals surface area contributed by atoms with Crippen molar-refractivity contribution in [2.45, 2.75) is 0 Å². The molecule has 0 aliphatic rings. The van der Waals surface area contributed by atoms with Gasteiger partial charge in [-0.05, 0) is 62.6 Å². The first-order valence-corrected chi connectivity index (χ1v) is 8.97. The summed E-state index contributed by atoms with van der Waals surface area (Å²) < 4.78 is 5.71. The molecule has 0 atom stereocenters. The average Bonchev–Trinajstić information content (AvgIpc) is 2.70. The Bertz CT molecular complexity index is 807. The molecule has 0 aromatic heterocycles. The van der Waals surface area contributed by atoms with Crippen LogP contribution in [0.15, 0.2) is 84.9 Å². The molecule has 0 radical (unpaired) electrons. The third-order valence-electron chi connectivity index (χ3n) is 4.14. The van der Waals surface area contributed by atoms with Crippen LogP contribution < -0.4 is 9.64 Å². The molecule has 0 bridgehead atoms. The number of anilines is 2. The summed E-state index contributed by atoms with van der Waals surface area (Å²) >= 11 is 0. The summed E-state index contributed by atoms with van der Waals surface area (Å²) in [5, 5.41) is 0. The fraction of sp³-hybridized carbons (Fsp3) is 0.174. The number of hydrogen-bond acceptors (Lipinski definition) is 3. The number of para-hydroxylation sites is 2. The summed E-state index contributed by atoms with van der Waals surface area (Å²) in [6, 6.07) is 26.7. The smallest absolute Gasteiger partial charge is 0.262 e. The lowest BCUT2D eigenvalue weighted by Crippen LogP contribution is -2.25. The van der Waals surface area contributed by atoms with E-state index in [0.717, 1.165) is 23.7 Å². The average molecular weight is 360 g/mol. The first-order chi connectivity index (χ1) is 13.1. The molecule has 138 valence electrons. The van der Waals surface area contributed by atoms with Crippen LogP contribution in [0.5, 0.6) is 5.75 Å². The molecule has 0 saturated heterocycles. The highest BCUT2D eigenvalue weighted by Crippen LogP contribution is 2.27. The highest BCUT2D eigenvalue weighted by molar-refractivity contribution is 6.10. The number of carbonyl (C=O) groups excluding carboxylic acids is 1. The lowest BCUT2D eigenvalue weighted by Gasteiger charge is -2.23. The van der Waals surface area contributed by atoms with E-state index in [0.29, 0.717) is 12.2 Å². The molecule has 0 unspecified atom stereocenters. The molecule has 1 amide bonds. The van der Waals surface area contributed by atoms with Crippen molar-refractivity contribution in [1.82, 2.24) is 4.90 Å². The molecule has 0 aliphatic heterocycles. The summed E-state index contributed by atoms with van der Waals surface area (Å²) in [7, 11) is 4.01. The zero-order valence-corrected chi connectivity index (χ0v) is 15.7. The normalized spacial score (nSPS) is 10.6. The molecular weight excluding hydrogens is 336 g/mol. The number of benzene rings is 3. The Morgan fingerprint density at radius 2 is 1.30 bits per heavy atom. The molecule has 0 spiro atoms. The van der Waals surface area contributed by atoms with Gasteiger partial charge in [-0.3, -0.25) is 9.69 Å². The van der Waals surface area contributed by atoms with Crippen molar-refractivity contribution in [2.24, 2.45) is 0 Å². The Morgan fingerprint density at radius 1 is 0.778 bits per heavy atom. The van der Waals surface area contributed by atoms with E-state index >= 15 is 0 Å². The van der Waals surface area contributed by atoms with E-state index in [2.05, 4.69) is 4.90 Å². The fourth-order valence-electron chi connectivity index (χ4n) is 2.71. The van der Waals surface area contributed by atoms with Gasteiger partial charge in [-0.15, -0.1) is 0 Å². The van der Waals surface area contributed by atoms with Crippen LogP contribution in [-0.4, -0.2) is 38.1 Å². The van der Waals surface area contributed by atoms with Crippen molar-refractivity contribution in [3.63, 3.8) is 0 Å². The van der Waals surface area contributed by atoms with E-state index in [1.807, 2.05) is 99.0 Å². The van der Waals surface area contributed by atoms with Crippen LogP contribution in [0.2, 0.25) is 0 Å². The molecule has 3 aromatic rings. The zero-order valence-electron chi connectivity index (χ0n) is 15.7. The number of hydrogen-bond donors (Lipinski definition) is 0. The van der Waals surface area contributed by atoms with E-state index in [1.165, 1.54) is 0 Å². The topological polar surface area (TPSA) is 32.8 Å². The Labute approximate surface area is 160 Å². The SMILES string of the molecule is CN(C)CCOc1ccc(C(=O)N(c2ccccc2)c2ccccc2)cc1. The molecule has 0 saturated carbocycles. The van der Waals surface area contributed by atoms with Crippen molar-refractivity contribution in [3.8, 4) is 5.75 Å². The van der Waals surface area contributed by atoms with Crippen molar-refractivity contribution in [1.29, 1.82) is 0 Å². The zero-order chi connectivity index (χ0) is 19.1. The minimum Gasteiger partial charge on any atom is -0.492 e. The van der Waals surface area contributed by atoms with Crippen LogP contribution in [0, 0.1) is 0 Å². The van der Waals surface area contributed by atoms with E-state index in [9.17, 15) is 4.79 Å². The Kier molecular flexibility index (Phi) is 6.23. The minimum atomic E-state index is -0.0766. The van der Waals surface area contributed by atoms with Crippen LogP contribution >= 0.6 is 0 Å². The molecule has 27 heavy (non-hydrogen) atoms. The van der Waals surface area contributed by atoms with Gasteiger partial charge in [0.05, 0.1) is 0 Å². The summed E-state index contributed by atoms with van der Waals surface area (Å²) in [6.45, 7) is 1.46. The lowest BCUT2D eigenvalue weighted by atomic mass is 10.1. The molecule has 3 rings (SSSR count). The van der Waals surface area contributed by atoms with Gasteiger partial charge in [-0.1, -0.05) is 36.4 Å². The minimum absolute atomic E-state index is 0.0766. The molecule has 0 fully saturated rings. The number of likely N-dealkylation sites (N-methyl/N-ethyl adjacent to an activating group) is 1. The second kappa shape index (κ2) is 9.01. The summed E-state index contributed by atoms with van der Waals surface area (Å²) in [6.07, 6.45) is 0. The Balaban J connectivity index is 1.82. The van der Waals surface area contributed by atoms with Crippen LogP contribution in [0.1, 0.15) is 10.4 Å². The van der Waals surface area contributed by atoms with Gasteiger partial charge in [-0.2, -0.15) is 0 Å². The molecule has 0 heterocycles. The number of amides is 1. The fourth-order valence-corrected chi connectivity index (χ4v) is 2.71. The summed E-state index contributed by atoms with van der Waals surface area (Å²) in [4.78, 5) is 17.0. The molecule has 3 aromatic carbocycles. The maximum Gasteiger partial charge on any atom is 0.262 e. The molecule has 4 heteroatoms. The number of rotatable bonds is 7. The van der Waals surface area contributed by atoms with E-state index < -0.39 is 0 Å². The van der Waals surface area contributed by atoms with E-state index in [4.69, 9.17) is 4.74 Å². The van der Waals surface area contributed by atoms with Gasteiger partial charge in [0, 0.05) is 23.5 Å². The predicted molar refractivity (Wildman–Crippen MR) is 110 cm³/mol. The third-order valence-corrected chi connectivity index (χ3v) is 4.14. The largest absolute Gasteiger partial charge is 0.492 e. The van der Waals surface area contributed by atoms with Crippen molar-refractivity contribution in [3.05, 3.63) is 90.5 Å². The molecule has 4 nitrogen and oxygen atoms in total. The number of ether oxygens (including phenoxy) is 1. The quantitative estimate of drug-likeness (QED) is 0.617. The number of nitrogens with zero attached hydrogens (tertiary/aromatic N) is 2. The second-order valence-corrected chi connectivity index (χ2v) is 6.49. The van der Waals surface area contributed by atoms with Gasteiger partial charge >= 0.3 is 0 Å². The predicted octanol–water partition coefficient (Wildman–Crippen LogP) is 4.61. The van der Waals surface area contributed by atoms with Crippen molar-refractivity contribution in [2.75, 3.05) is 32.1 Å². The summed E-state index contributed by atoms with van der Waals surface area (Å²) in [5.74, 6) is 0.687. The number of carbonyl (C=O) groups is 1. The van der Waals surface area contributed by atoms with Gasteiger partial charge in [0.25, 0.3) is 5.91 Å². The standard InChI is InChI=1S/C23H24N2O2/c1-24(2)17-18-27-22-15-13-19(14-16-22)23(26)25(20-9-5-3-6-10-20)21-11-7-4-8-12-21/h3-16H,17-18H2,1-2H3. The highest BCUT2D eigenvalue weighted by Gasteiger charge is 2.19. The maximum atomic E-state index is 13.2. The van der Waals surface area contributed by atoms with Crippen LogP contribution in [0.25, 0.3) is 0 Å². The van der Waals surface area contributed by atoms with Gasteiger partial charge in [0.2, 0.25) is 0 Å². The first kappa shape index (κ1) is 18.7. The Hall–Kier alpha value is -3.11. The molecular formula is C23H24N2O2. The Morgan fingerprint density at radius 3 is 1.78 bits per heavy atom. The highest BCUT2D eigenvalue weighted by atomic mass is 16.5. The van der Waals surface area contributed by atoms with Gasteiger partial charge in [-0.25, -0.2) is 0 Å². The van der Waals surface area contributed by atoms with Crippen LogP contribution in [0.4, 0.5) is 11.4 Å². The van der Waals surface area contributed by atoms with E-state index in [-0.39, 0.29) is 5.91 Å². The van der Waals surface area contributed by atoms with Gasteiger partial charge < -0.3 is 9.64 Å². The van der Waals surface area contributed by atoms with E-state index in [1.54, 1.807) is 4.90 Å². The molecule has 0 N–H and O–H groups in total. The monoisotopic (exact) mass is 360 g/mol. The van der Waals surface area contributed by atoms with Crippen molar-refractivity contribution >= 4 is 17.3 Å². The maximum absolute atomic E-state index is 13.2. The van der Waals surface area contributed by atoms with Crippen LogP contribution in [0.3, 0.4) is 0 Å². The van der Waals surface area contributed by atoms with Crippen molar-refractivity contribution < 1.29 is 9.53 Å². The summed E-state index contributed by atoms with van der Waals surface area (Å²) in [5.41, 5.74) is 2.28. The molecule has 0 aliphatic carbocycles. The third kappa shape index (κ3) is 4.96. The lowest BCUT2D eigenvalue weighted by molar-refractivity contribution is 0.0999. The van der Waals surface area contributed by atoms with Gasteiger partial charge in [0.1, 0.15) is 12.4 Å². The second-order valence-electron chi connectivity index (χ2n) is 6.49. The van der Waals surface area contributed by atoms with Crippen LogP contribution in [-0.2, 0) is 0 Å².